The van der Waals surface area contributed by atoms with Gasteiger partial charge in [-0.1, -0.05) is 0 Å². The average molecular weight is 482 g/mol. The number of nitrogens with one attached hydrogen (secondary N) is 1. The fourth-order valence-corrected chi connectivity index (χ4v) is 3.44. The monoisotopic (exact) mass is 482 g/mol. The van der Waals surface area contributed by atoms with Crippen LogP contribution in [0.1, 0.15) is 29.5 Å². The third-order valence-corrected chi connectivity index (χ3v) is 5.17. The zero-order valence-corrected chi connectivity index (χ0v) is 17.1. The summed E-state index contributed by atoms with van der Waals surface area (Å²) in [5, 5.41) is 2.48. The topological polar surface area (TPSA) is 41.6 Å². The van der Waals surface area contributed by atoms with E-state index in [1.54, 1.807) is 7.05 Å². The van der Waals surface area contributed by atoms with Crippen LogP contribution >= 0.6 is 0 Å². The van der Waals surface area contributed by atoms with E-state index in [4.69, 9.17) is 4.74 Å². The second kappa shape index (κ2) is 9.16. The van der Waals surface area contributed by atoms with Crippen molar-refractivity contribution in [2.45, 2.75) is 37.8 Å². The molecule has 0 radical (unpaired) electrons. The number of carbonyl (C=O) groups is 1. The van der Waals surface area contributed by atoms with E-state index in [0.29, 0.717) is 18.6 Å². The average Bonchev–Trinajstić information content (AvgIpc) is 3.13. The molecule has 0 bridgehead atoms. The third kappa shape index (κ3) is 5.92. The molecule has 0 aliphatic carbocycles. The van der Waals surface area contributed by atoms with Crippen LogP contribution < -0.4 is 10.1 Å². The van der Waals surface area contributed by atoms with Crippen LogP contribution in [0.3, 0.4) is 0 Å². The van der Waals surface area contributed by atoms with Gasteiger partial charge in [0.1, 0.15) is 11.6 Å². The summed E-state index contributed by atoms with van der Waals surface area (Å²) < 4.78 is 111. The van der Waals surface area contributed by atoms with E-state index in [1.165, 1.54) is 0 Å². The van der Waals surface area contributed by atoms with Gasteiger partial charge in [-0.15, -0.1) is 0 Å². The lowest BCUT2D eigenvalue weighted by molar-refractivity contribution is -0.143. The van der Waals surface area contributed by atoms with Gasteiger partial charge in [-0.2, -0.15) is 26.3 Å². The fourth-order valence-electron chi connectivity index (χ4n) is 3.44. The predicted molar refractivity (Wildman–Crippen MR) is 100 cm³/mol. The Hall–Kier alpha value is -2.89. The van der Waals surface area contributed by atoms with E-state index < -0.39 is 52.7 Å². The number of likely N-dealkylation sites (N-methyl/N-ethyl adjacent to an activating group) is 1. The van der Waals surface area contributed by atoms with Gasteiger partial charge in [-0.05, 0) is 50.7 Å². The van der Waals surface area contributed by atoms with Gasteiger partial charge in [-0.3, -0.25) is 9.69 Å². The summed E-state index contributed by atoms with van der Waals surface area (Å²) in [5.41, 5.74) is -3.59. The number of ether oxygens (including phenoxy) is 1. The first kappa shape index (κ1) is 24.7. The molecule has 1 atom stereocenters. The number of amides is 1. The highest BCUT2D eigenvalue weighted by Crippen LogP contribution is 2.39. The van der Waals surface area contributed by atoms with Crippen LogP contribution in [-0.2, 0) is 23.7 Å². The Balaban J connectivity index is 1.81. The van der Waals surface area contributed by atoms with Crippen LogP contribution in [0.15, 0.2) is 30.3 Å². The Labute approximate surface area is 183 Å². The van der Waals surface area contributed by atoms with Gasteiger partial charge in [0.05, 0.1) is 17.2 Å². The number of hydrogen-bond acceptors (Lipinski definition) is 3. The molecule has 2 aromatic carbocycles. The van der Waals surface area contributed by atoms with E-state index in [9.17, 15) is 39.9 Å². The summed E-state index contributed by atoms with van der Waals surface area (Å²) in [6, 6.07) is 1.13. The number of hydrogen-bond donors (Lipinski definition) is 1. The normalized spacial score (nSPS) is 17.3. The molecular formula is C21H18F8N2O2. The molecule has 1 fully saturated rings. The van der Waals surface area contributed by atoms with Crippen LogP contribution in [0.5, 0.6) is 11.5 Å². The molecule has 0 aromatic heterocycles. The minimum absolute atomic E-state index is 0.114. The van der Waals surface area contributed by atoms with E-state index in [2.05, 4.69) is 5.32 Å². The maximum atomic E-state index is 14.4. The highest BCUT2D eigenvalue weighted by atomic mass is 19.4. The molecule has 33 heavy (non-hydrogen) atoms. The highest BCUT2D eigenvalue weighted by Gasteiger charge is 2.37. The van der Waals surface area contributed by atoms with Crippen molar-refractivity contribution in [3.05, 3.63) is 58.7 Å². The molecule has 1 heterocycles. The highest BCUT2D eigenvalue weighted by molar-refractivity contribution is 5.82. The lowest BCUT2D eigenvalue weighted by atomic mass is 10.1. The van der Waals surface area contributed by atoms with E-state index in [1.807, 2.05) is 4.90 Å². The van der Waals surface area contributed by atoms with Gasteiger partial charge in [0.25, 0.3) is 0 Å². The molecular weight excluding hydrogens is 464 g/mol. The Bertz CT molecular complexity index is 1000. The van der Waals surface area contributed by atoms with Crippen molar-refractivity contribution in [2.75, 3.05) is 13.6 Å². The molecule has 1 aliphatic rings. The molecule has 1 amide bonds. The molecule has 1 saturated heterocycles. The molecule has 0 saturated carbocycles. The van der Waals surface area contributed by atoms with E-state index in [0.717, 1.165) is 13.0 Å². The first-order valence-corrected chi connectivity index (χ1v) is 9.69. The van der Waals surface area contributed by atoms with Crippen molar-refractivity contribution in [1.82, 2.24) is 10.2 Å². The molecule has 0 spiro atoms. The first-order valence-electron chi connectivity index (χ1n) is 9.69. The van der Waals surface area contributed by atoms with Gasteiger partial charge in [-0.25, -0.2) is 8.78 Å². The summed E-state index contributed by atoms with van der Waals surface area (Å²) in [7, 11) is 1.75. The van der Waals surface area contributed by atoms with Crippen LogP contribution in [0.2, 0.25) is 0 Å². The number of carbonyl (C=O) groups excluding carboxylic acids is 1. The fraction of sp³-hybridized carbons (Fsp3) is 0.381. The molecule has 2 aromatic rings. The predicted octanol–water partition coefficient (Wildman–Crippen LogP) is 5.51. The Morgan fingerprint density at radius 2 is 1.61 bits per heavy atom. The molecule has 3 rings (SSSR count). The number of nitrogens with zero attached hydrogens (tertiary/aromatic N) is 1. The number of rotatable bonds is 5. The second-order valence-corrected chi connectivity index (χ2v) is 7.57. The number of alkyl halides is 6. The Morgan fingerprint density at radius 1 is 1.00 bits per heavy atom. The Morgan fingerprint density at radius 3 is 2.12 bits per heavy atom. The van der Waals surface area contributed by atoms with Gasteiger partial charge >= 0.3 is 12.4 Å². The van der Waals surface area contributed by atoms with E-state index >= 15 is 0 Å². The van der Waals surface area contributed by atoms with E-state index in [-0.39, 0.29) is 36.2 Å². The molecule has 1 aliphatic heterocycles. The molecule has 1 unspecified atom stereocenters. The largest absolute Gasteiger partial charge is 0.454 e. The quantitative estimate of drug-likeness (QED) is 0.572. The molecule has 1 N–H and O–H groups in total. The third-order valence-electron chi connectivity index (χ3n) is 5.17. The van der Waals surface area contributed by atoms with Crippen LogP contribution in [0.4, 0.5) is 35.1 Å². The van der Waals surface area contributed by atoms with Crippen molar-refractivity contribution in [1.29, 1.82) is 0 Å². The molecule has 12 heteroatoms. The lowest BCUT2D eigenvalue weighted by Crippen LogP contribution is -2.41. The van der Waals surface area contributed by atoms with Crippen molar-refractivity contribution in [2.24, 2.45) is 0 Å². The van der Waals surface area contributed by atoms with Crippen LogP contribution in [0, 0.1) is 11.6 Å². The van der Waals surface area contributed by atoms with Crippen molar-refractivity contribution >= 4 is 5.91 Å². The Kier molecular flexibility index (Phi) is 6.87. The zero-order chi connectivity index (χ0) is 24.6. The lowest BCUT2D eigenvalue weighted by Gasteiger charge is -2.19. The van der Waals surface area contributed by atoms with Crippen molar-refractivity contribution < 1.29 is 44.7 Å². The zero-order valence-electron chi connectivity index (χ0n) is 17.1. The van der Waals surface area contributed by atoms with Gasteiger partial charge < -0.3 is 10.1 Å². The maximum absolute atomic E-state index is 14.4. The summed E-state index contributed by atoms with van der Waals surface area (Å²) in [6.45, 7) is 0.354. The number of likely N-dealkylation sites (tertiary alicyclic amines) is 1. The van der Waals surface area contributed by atoms with Gasteiger partial charge in [0, 0.05) is 18.2 Å². The SMILES string of the molecule is CN1CCCC1C(=O)NCc1cc(F)c(Oc2cc(C(F)(F)F)cc(C(F)(F)F)c2)cc1F. The smallest absolute Gasteiger partial charge is 0.416 e. The van der Waals surface area contributed by atoms with Crippen LogP contribution in [-0.4, -0.2) is 30.4 Å². The van der Waals surface area contributed by atoms with Crippen molar-refractivity contribution in [3.8, 4) is 11.5 Å². The van der Waals surface area contributed by atoms with Gasteiger partial charge in [0.15, 0.2) is 11.6 Å². The van der Waals surface area contributed by atoms with Crippen LogP contribution in [0.25, 0.3) is 0 Å². The summed E-state index contributed by atoms with van der Waals surface area (Å²) in [5.74, 6) is -4.55. The standard InChI is InChI=1S/C21H18F8N2O2/c1-31-4-2-3-17(31)19(32)30-10-11-5-16(23)18(9-15(11)22)33-14-7-12(20(24,25)26)6-13(8-14)21(27,28)29/h5-9,17H,2-4,10H2,1H3,(H,30,32). The maximum Gasteiger partial charge on any atom is 0.416 e. The summed E-state index contributed by atoms with van der Waals surface area (Å²) in [6.07, 6.45) is -8.82. The van der Waals surface area contributed by atoms with Gasteiger partial charge in [0.2, 0.25) is 5.91 Å². The number of halogens is 8. The molecule has 180 valence electrons. The summed E-state index contributed by atoms with van der Waals surface area (Å²) in [4.78, 5) is 14.0. The minimum Gasteiger partial charge on any atom is -0.454 e. The van der Waals surface area contributed by atoms with Crippen molar-refractivity contribution in [3.63, 3.8) is 0 Å². The number of benzene rings is 2. The molecule has 4 nitrogen and oxygen atoms in total. The summed E-state index contributed by atoms with van der Waals surface area (Å²) >= 11 is 0. The first-order chi connectivity index (χ1) is 15.3. The minimum atomic E-state index is -5.13. The second-order valence-electron chi connectivity index (χ2n) is 7.57.